The molecular weight excluding hydrogens is 406 g/mol. The van der Waals surface area contributed by atoms with Crippen LogP contribution in [0.15, 0.2) is 53.3 Å². The zero-order valence-corrected chi connectivity index (χ0v) is 18.9. The van der Waals surface area contributed by atoms with Gasteiger partial charge in [0, 0.05) is 25.3 Å². The zero-order valence-electron chi connectivity index (χ0n) is 18.1. The molecule has 1 aromatic heterocycles. The summed E-state index contributed by atoms with van der Waals surface area (Å²) in [6, 6.07) is 16.4. The highest BCUT2D eigenvalue weighted by Gasteiger charge is 2.22. The summed E-state index contributed by atoms with van der Waals surface area (Å²) in [4.78, 5) is 18.0. The van der Waals surface area contributed by atoms with Crippen molar-refractivity contribution in [1.82, 2.24) is 15.2 Å². The van der Waals surface area contributed by atoms with Gasteiger partial charge in [0.1, 0.15) is 0 Å². The summed E-state index contributed by atoms with van der Waals surface area (Å²) in [5.74, 6) is 0. The smallest absolute Gasteiger partial charge is 0.253 e. The molecule has 0 aliphatic carbocycles. The number of rotatable bonds is 6. The maximum absolute atomic E-state index is 12.9. The third-order valence-corrected chi connectivity index (χ3v) is 6.16. The van der Waals surface area contributed by atoms with E-state index in [1.807, 2.05) is 31.2 Å². The molecule has 2 N–H and O–H groups in total. The Morgan fingerprint density at radius 3 is 2.77 bits per heavy atom. The molecule has 2 aromatic carbocycles. The van der Waals surface area contributed by atoms with Crippen LogP contribution < -0.4 is 10.9 Å². The van der Waals surface area contributed by atoms with Gasteiger partial charge in [-0.15, -0.1) is 0 Å². The second kappa shape index (κ2) is 9.62. The monoisotopic (exact) mass is 435 g/mol. The van der Waals surface area contributed by atoms with E-state index in [4.69, 9.17) is 17.0 Å². The third-order valence-electron chi connectivity index (χ3n) is 5.75. The molecular formula is C25H29N3O2S. The largest absolute Gasteiger partial charge is 0.376 e. The van der Waals surface area contributed by atoms with Crippen LogP contribution in [0.2, 0.25) is 0 Å². The van der Waals surface area contributed by atoms with Crippen LogP contribution in [0.25, 0.3) is 10.9 Å². The van der Waals surface area contributed by atoms with Gasteiger partial charge >= 0.3 is 0 Å². The topological polar surface area (TPSA) is 57.4 Å². The SMILES string of the molecule is Cc1cc(C)c2[nH]c(=O)c(CN(CC3CCCO3)C(=S)NCc3ccccc3)cc2c1. The summed E-state index contributed by atoms with van der Waals surface area (Å²) in [5.41, 5.74) is 4.96. The number of thiocarbonyl (C=S) groups is 1. The van der Waals surface area contributed by atoms with E-state index in [9.17, 15) is 4.79 Å². The minimum atomic E-state index is -0.0670. The Bertz CT molecular complexity index is 1120. The minimum Gasteiger partial charge on any atom is -0.376 e. The number of aromatic nitrogens is 1. The van der Waals surface area contributed by atoms with E-state index in [-0.39, 0.29) is 11.7 Å². The van der Waals surface area contributed by atoms with Gasteiger partial charge < -0.3 is 19.9 Å². The summed E-state index contributed by atoms with van der Waals surface area (Å²) in [7, 11) is 0. The van der Waals surface area contributed by atoms with Gasteiger partial charge in [-0.2, -0.15) is 0 Å². The van der Waals surface area contributed by atoms with E-state index in [0.29, 0.717) is 30.3 Å². The van der Waals surface area contributed by atoms with Gasteiger partial charge in [-0.05, 0) is 67.6 Å². The summed E-state index contributed by atoms with van der Waals surface area (Å²) < 4.78 is 5.85. The van der Waals surface area contributed by atoms with Crippen molar-refractivity contribution in [3.63, 3.8) is 0 Å². The molecule has 1 saturated heterocycles. The van der Waals surface area contributed by atoms with E-state index in [0.717, 1.165) is 41.5 Å². The van der Waals surface area contributed by atoms with Crippen molar-refractivity contribution in [2.45, 2.75) is 45.9 Å². The van der Waals surface area contributed by atoms with Crippen LogP contribution in [-0.4, -0.2) is 34.3 Å². The Balaban J connectivity index is 1.57. The number of aromatic amines is 1. The van der Waals surface area contributed by atoms with E-state index in [1.165, 1.54) is 5.56 Å². The lowest BCUT2D eigenvalue weighted by Gasteiger charge is -2.28. The number of fused-ring (bicyclic) bond motifs is 1. The number of nitrogens with one attached hydrogen (secondary N) is 2. The molecule has 0 radical (unpaired) electrons. The molecule has 31 heavy (non-hydrogen) atoms. The van der Waals surface area contributed by atoms with E-state index < -0.39 is 0 Å². The Hall–Kier alpha value is -2.70. The molecule has 4 rings (SSSR count). The second-order valence-electron chi connectivity index (χ2n) is 8.33. The van der Waals surface area contributed by atoms with Crippen LogP contribution >= 0.6 is 12.2 Å². The molecule has 1 aliphatic heterocycles. The van der Waals surface area contributed by atoms with Gasteiger partial charge in [0.2, 0.25) is 0 Å². The number of pyridine rings is 1. The van der Waals surface area contributed by atoms with Crippen molar-refractivity contribution in [1.29, 1.82) is 0 Å². The third kappa shape index (κ3) is 5.32. The Kier molecular flexibility index (Phi) is 6.68. The quantitative estimate of drug-likeness (QED) is 0.569. The normalized spacial score (nSPS) is 15.9. The van der Waals surface area contributed by atoms with Crippen LogP contribution in [0.4, 0.5) is 0 Å². The molecule has 1 atom stereocenters. The Morgan fingerprint density at radius 1 is 1.23 bits per heavy atom. The summed E-state index contributed by atoms with van der Waals surface area (Å²) in [6.45, 7) is 6.65. The van der Waals surface area contributed by atoms with Crippen LogP contribution in [-0.2, 0) is 17.8 Å². The molecule has 1 unspecified atom stereocenters. The lowest BCUT2D eigenvalue weighted by Crippen LogP contribution is -2.43. The van der Waals surface area contributed by atoms with E-state index in [2.05, 4.69) is 46.4 Å². The highest BCUT2D eigenvalue weighted by molar-refractivity contribution is 7.80. The Morgan fingerprint density at radius 2 is 2.03 bits per heavy atom. The first-order valence-electron chi connectivity index (χ1n) is 10.8. The van der Waals surface area contributed by atoms with Gasteiger partial charge in [-0.1, -0.05) is 42.0 Å². The van der Waals surface area contributed by atoms with Crippen LogP contribution in [0.1, 0.15) is 35.1 Å². The number of hydrogen-bond donors (Lipinski definition) is 2. The number of ether oxygens (including phenoxy) is 1. The van der Waals surface area contributed by atoms with Crippen molar-refractivity contribution in [3.8, 4) is 0 Å². The summed E-state index contributed by atoms with van der Waals surface area (Å²) in [5, 5.41) is 5.04. The number of benzene rings is 2. The molecule has 5 nitrogen and oxygen atoms in total. The predicted octanol–water partition coefficient (Wildman–Crippen LogP) is 4.20. The molecule has 1 fully saturated rings. The van der Waals surface area contributed by atoms with Crippen molar-refractivity contribution >= 4 is 28.2 Å². The van der Waals surface area contributed by atoms with Crippen molar-refractivity contribution in [2.24, 2.45) is 0 Å². The van der Waals surface area contributed by atoms with Crippen molar-refractivity contribution < 1.29 is 4.74 Å². The summed E-state index contributed by atoms with van der Waals surface area (Å²) >= 11 is 5.74. The highest BCUT2D eigenvalue weighted by Crippen LogP contribution is 2.20. The minimum absolute atomic E-state index is 0.0670. The predicted molar refractivity (Wildman–Crippen MR) is 129 cm³/mol. The van der Waals surface area contributed by atoms with E-state index >= 15 is 0 Å². The van der Waals surface area contributed by atoms with Crippen LogP contribution in [0.5, 0.6) is 0 Å². The van der Waals surface area contributed by atoms with Crippen molar-refractivity contribution in [3.05, 3.63) is 81.1 Å². The standard InChI is InChI=1S/C25H29N3O2S/c1-17-11-18(2)23-20(12-17)13-21(24(29)27-23)15-28(16-22-9-6-10-30-22)25(31)26-14-19-7-4-3-5-8-19/h3-5,7-8,11-13,22H,6,9-10,14-16H2,1-2H3,(H,26,31)(H,27,29). The van der Waals surface area contributed by atoms with Gasteiger partial charge in [0.05, 0.1) is 18.2 Å². The molecule has 162 valence electrons. The van der Waals surface area contributed by atoms with E-state index in [1.54, 1.807) is 0 Å². The number of aryl methyl sites for hydroxylation is 2. The maximum Gasteiger partial charge on any atom is 0.253 e. The van der Waals surface area contributed by atoms with Crippen LogP contribution in [0, 0.1) is 13.8 Å². The van der Waals surface area contributed by atoms with Crippen molar-refractivity contribution in [2.75, 3.05) is 13.2 Å². The first-order chi connectivity index (χ1) is 15.0. The molecule has 1 aliphatic rings. The molecule has 0 spiro atoms. The zero-order chi connectivity index (χ0) is 21.8. The first kappa shape index (κ1) is 21.5. The van der Waals surface area contributed by atoms with Gasteiger partial charge in [-0.25, -0.2) is 0 Å². The van der Waals surface area contributed by atoms with Gasteiger partial charge in [0.15, 0.2) is 5.11 Å². The second-order valence-corrected chi connectivity index (χ2v) is 8.72. The summed E-state index contributed by atoms with van der Waals surface area (Å²) in [6.07, 6.45) is 2.22. The molecule has 0 saturated carbocycles. The lowest BCUT2D eigenvalue weighted by molar-refractivity contribution is 0.0896. The fourth-order valence-electron chi connectivity index (χ4n) is 4.19. The highest BCUT2D eigenvalue weighted by atomic mass is 32.1. The Labute approximate surface area is 188 Å². The molecule has 0 bridgehead atoms. The average Bonchev–Trinajstić information content (AvgIpc) is 3.26. The molecule has 6 heteroatoms. The number of nitrogens with zero attached hydrogens (tertiary/aromatic N) is 1. The van der Waals surface area contributed by atoms with Gasteiger partial charge in [-0.3, -0.25) is 4.79 Å². The fourth-order valence-corrected chi connectivity index (χ4v) is 4.41. The average molecular weight is 436 g/mol. The lowest BCUT2D eigenvalue weighted by atomic mass is 10.1. The first-order valence-corrected chi connectivity index (χ1v) is 11.2. The number of H-pyrrole nitrogens is 1. The molecule has 3 aromatic rings. The van der Waals surface area contributed by atoms with Crippen LogP contribution in [0.3, 0.4) is 0 Å². The molecule has 0 amide bonds. The fraction of sp³-hybridized carbons (Fsp3) is 0.360. The maximum atomic E-state index is 12.9. The van der Waals surface area contributed by atoms with Gasteiger partial charge in [0.25, 0.3) is 5.56 Å². The number of hydrogen-bond acceptors (Lipinski definition) is 3. The molecule has 2 heterocycles.